The van der Waals surface area contributed by atoms with Crippen molar-refractivity contribution in [3.63, 3.8) is 0 Å². The van der Waals surface area contributed by atoms with E-state index in [9.17, 15) is 0 Å². The second-order valence-electron chi connectivity index (χ2n) is 3.53. The van der Waals surface area contributed by atoms with Crippen LogP contribution >= 0.6 is 0 Å². The summed E-state index contributed by atoms with van der Waals surface area (Å²) in [5.74, 6) is 0. The van der Waals surface area contributed by atoms with E-state index in [1.165, 1.54) is 0 Å². The van der Waals surface area contributed by atoms with Gasteiger partial charge in [0, 0.05) is 26.3 Å². The Morgan fingerprint density at radius 3 is 1.57 bits per heavy atom. The predicted molar refractivity (Wildman–Crippen MR) is 59.7 cm³/mol. The topological polar surface area (TPSA) is 21.7 Å². The van der Waals surface area contributed by atoms with Crippen molar-refractivity contribution in [2.24, 2.45) is 0 Å². The van der Waals surface area contributed by atoms with Crippen LogP contribution in [0.5, 0.6) is 0 Å². The SMILES string of the molecule is CCCOCCN(C)CCOCCC. The van der Waals surface area contributed by atoms with Crippen LogP contribution in [0.2, 0.25) is 0 Å². The van der Waals surface area contributed by atoms with Crippen molar-refractivity contribution in [2.75, 3.05) is 46.6 Å². The molecule has 0 aliphatic rings. The van der Waals surface area contributed by atoms with Crippen molar-refractivity contribution in [1.82, 2.24) is 4.90 Å². The Balaban J connectivity index is 3.07. The van der Waals surface area contributed by atoms with Crippen LogP contribution in [0.4, 0.5) is 0 Å². The summed E-state index contributed by atoms with van der Waals surface area (Å²) in [6, 6.07) is 0. The highest BCUT2D eigenvalue weighted by Crippen LogP contribution is 1.87. The molecule has 3 nitrogen and oxygen atoms in total. The zero-order chi connectivity index (χ0) is 10.6. The van der Waals surface area contributed by atoms with E-state index in [-0.39, 0.29) is 0 Å². The van der Waals surface area contributed by atoms with Crippen LogP contribution < -0.4 is 0 Å². The van der Waals surface area contributed by atoms with Gasteiger partial charge in [-0.25, -0.2) is 0 Å². The van der Waals surface area contributed by atoms with Gasteiger partial charge in [0.1, 0.15) is 0 Å². The Bertz CT molecular complexity index is 97.5. The molecule has 14 heavy (non-hydrogen) atoms. The van der Waals surface area contributed by atoms with Crippen LogP contribution in [0.15, 0.2) is 0 Å². The van der Waals surface area contributed by atoms with Gasteiger partial charge in [-0.2, -0.15) is 0 Å². The van der Waals surface area contributed by atoms with Crippen LogP contribution in [0.1, 0.15) is 26.7 Å². The van der Waals surface area contributed by atoms with Gasteiger partial charge in [0.25, 0.3) is 0 Å². The van der Waals surface area contributed by atoms with Gasteiger partial charge >= 0.3 is 0 Å². The number of hydrogen-bond acceptors (Lipinski definition) is 3. The molecule has 0 spiro atoms. The molecule has 0 bridgehead atoms. The lowest BCUT2D eigenvalue weighted by atomic mass is 10.5. The summed E-state index contributed by atoms with van der Waals surface area (Å²) in [4.78, 5) is 2.24. The third kappa shape index (κ3) is 9.96. The zero-order valence-electron chi connectivity index (χ0n) is 9.92. The molecule has 0 radical (unpaired) electrons. The first kappa shape index (κ1) is 13.9. The summed E-state index contributed by atoms with van der Waals surface area (Å²) >= 11 is 0. The van der Waals surface area contributed by atoms with E-state index in [4.69, 9.17) is 9.47 Å². The highest BCUT2D eigenvalue weighted by Gasteiger charge is 1.97. The van der Waals surface area contributed by atoms with Crippen molar-refractivity contribution in [2.45, 2.75) is 26.7 Å². The van der Waals surface area contributed by atoms with E-state index < -0.39 is 0 Å². The van der Waals surface area contributed by atoms with Gasteiger partial charge in [0.15, 0.2) is 0 Å². The number of nitrogens with zero attached hydrogens (tertiary/aromatic N) is 1. The van der Waals surface area contributed by atoms with Crippen LogP contribution in [-0.2, 0) is 9.47 Å². The Morgan fingerprint density at radius 1 is 0.786 bits per heavy atom. The van der Waals surface area contributed by atoms with Gasteiger partial charge in [-0.3, -0.25) is 0 Å². The fourth-order valence-electron chi connectivity index (χ4n) is 1.05. The van der Waals surface area contributed by atoms with Crippen molar-refractivity contribution < 1.29 is 9.47 Å². The van der Waals surface area contributed by atoms with E-state index in [2.05, 4.69) is 25.8 Å². The molecule has 0 aromatic carbocycles. The lowest BCUT2D eigenvalue weighted by Crippen LogP contribution is -2.27. The quantitative estimate of drug-likeness (QED) is 0.505. The Hall–Kier alpha value is -0.120. The number of likely N-dealkylation sites (N-methyl/N-ethyl adjacent to an activating group) is 1. The number of ether oxygens (including phenoxy) is 2. The van der Waals surface area contributed by atoms with Gasteiger partial charge in [-0.15, -0.1) is 0 Å². The lowest BCUT2D eigenvalue weighted by molar-refractivity contribution is 0.0846. The second kappa shape index (κ2) is 11.0. The van der Waals surface area contributed by atoms with E-state index in [0.717, 1.165) is 52.4 Å². The maximum Gasteiger partial charge on any atom is 0.0593 e. The van der Waals surface area contributed by atoms with Gasteiger partial charge in [0.2, 0.25) is 0 Å². The van der Waals surface area contributed by atoms with Gasteiger partial charge in [-0.05, 0) is 19.9 Å². The van der Waals surface area contributed by atoms with Crippen LogP contribution in [0.3, 0.4) is 0 Å². The summed E-state index contributed by atoms with van der Waals surface area (Å²) in [5, 5.41) is 0. The molecule has 0 saturated heterocycles. The fraction of sp³-hybridized carbons (Fsp3) is 1.00. The molecule has 0 unspecified atom stereocenters. The highest BCUT2D eigenvalue weighted by atomic mass is 16.5. The third-order valence-electron chi connectivity index (χ3n) is 1.93. The smallest absolute Gasteiger partial charge is 0.0593 e. The predicted octanol–water partition coefficient (Wildman–Crippen LogP) is 1.77. The van der Waals surface area contributed by atoms with Gasteiger partial charge in [0.05, 0.1) is 13.2 Å². The van der Waals surface area contributed by atoms with Crippen molar-refractivity contribution in [3.8, 4) is 0 Å². The molecule has 86 valence electrons. The maximum absolute atomic E-state index is 5.40. The molecule has 0 heterocycles. The standard InChI is InChI=1S/C11H25NO2/c1-4-8-13-10-6-12(3)7-11-14-9-5-2/h4-11H2,1-3H3. The normalized spacial score (nSPS) is 11.1. The monoisotopic (exact) mass is 203 g/mol. The molecular formula is C11H25NO2. The Kier molecular flexibility index (Phi) is 10.9. The zero-order valence-corrected chi connectivity index (χ0v) is 9.92. The van der Waals surface area contributed by atoms with Crippen molar-refractivity contribution in [3.05, 3.63) is 0 Å². The molecule has 0 atom stereocenters. The molecule has 0 aliphatic heterocycles. The van der Waals surface area contributed by atoms with Crippen LogP contribution in [-0.4, -0.2) is 51.5 Å². The van der Waals surface area contributed by atoms with E-state index in [1.54, 1.807) is 0 Å². The second-order valence-corrected chi connectivity index (χ2v) is 3.53. The molecular weight excluding hydrogens is 178 g/mol. The van der Waals surface area contributed by atoms with Crippen molar-refractivity contribution >= 4 is 0 Å². The minimum Gasteiger partial charge on any atom is -0.380 e. The minimum absolute atomic E-state index is 0.831. The number of hydrogen-bond donors (Lipinski definition) is 0. The summed E-state index contributed by atoms with van der Waals surface area (Å²) in [6.45, 7) is 9.66. The molecule has 0 aromatic rings. The lowest BCUT2D eigenvalue weighted by Gasteiger charge is -2.16. The molecule has 0 amide bonds. The van der Waals surface area contributed by atoms with Gasteiger partial charge in [-0.1, -0.05) is 13.8 Å². The molecule has 0 fully saturated rings. The first-order valence-corrected chi connectivity index (χ1v) is 5.65. The van der Waals surface area contributed by atoms with E-state index >= 15 is 0 Å². The minimum atomic E-state index is 0.831. The average molecular weight is 203 g/mol. The van der Waals surface area contributed by atoms with Gasteiger partial charge < -0.3 is 14.4 Å². The molecule has 0 saturated carbocycles. The first-order valence-electron chi connectivity index (χ1n) is 5.65. The summed E-state index contributed by atoms with van der Waals surface area (Å²) in [7, 11) is 2.10. The molecule has 3 heteroatoms. The largest absolute Gasteiger partial charge is 0.380 e. The summed E-state index contributed by atoms with van der Waals surface area (Å²) in [6.07, 6.45) is 2.20. The molecule has 0 aliphatic carbocycles. The first-order chi connectivity index (χ1) is 6.81. The molecule has 0 aromatic heterocycles. The summed E-state index contributed by atoms with van der Waals surface area (Å²) in [5.41, 5.74) is 0. The fourth-order valence-corrected chi connectivity index (χ4v) is 1.05. The van der Waals surface area contributed by atoms with Crippen LogP contribution in [0, 0.1) is 0 Å². The number of rotatable bonds is 10. The molecule has 0 N–H and O–H groups in total. The highest BCUT2D eigenvalue weighted by molar-refractivity contribution is 4.49. The van der Waals surface area contributed by atoms with Crippen molar-refractivity contribution in [1.29, 1.82) is 0 Å². The van der Waals surface area contributed by atoms with Crippen LogP contribution in [0.25, 0.3) is 0 Å². The Morgan fingerprint density at radius 2 is 1.21 bits per heavy atom. The maximum atomic E-state index is 5.40. The summed E-state index contributed by atoms with van der Waals surface area (Å²) < 4.78 is 10.8. The third-order valence-corrected chi connectivity index (χ3v) is 1.93. The average Bonchev–Trinajstić information content (AvgIpc) is 2.19. The Labute approximate surface area is 88.4 Å². The molecule has 0 rings (SSSR count). The van der Waals surface area contributed by atoms with E-state index in [1.807, 2.05) is 0 Å². The van der Waals surface area contributed by atoms with E-state index in [0.29, 0.717) is 0 Å².